The van der Waals surface area contributed by atoms with Crippen molar-refractivity contribution in [2.24, 2.45) is 0 Å². The summed E-state index contributed by atoms with van der Waals surface area (Å²) in [4.78, 5) is 13.9. The minimum atomic E-state index is 0.100. The Kier molecular flexibility index (Phi) is 5.48. The van der Waals surface area contributed by atoms with Crippen LogP contribution in [0.15, 0.2) is 29.1 Å². The molecular formula is C25H33N3O2. The summed E-state index contributed by atoms with van der Waals surface area (Å²) in [6, 6.07) is 8.51. The van der Waals surface area contributed by atoms with Crippen LogP contribution in [0.1, 0.15) is 88.1 Å². The van der Waals surface area contributed by atoms with Crippen LogP contribution >= 0.6 is 0 Å². The molecule has 1 aromatic carbocycles. The molecule has 2 aromatic heterocycles. The largest absolute Gasteiger partial charge is 0.497 e. The lowest BCUT2D eigenvalue weighted by atomic mass is 9.94. The highest BCUT2D eigenvalue weighted by molar-refractivity contribution is 5.66. The van der Waals surface area contributed by atoms with Crippen LogP contribution in [0.2, 0.25) is 0 Å². The van der Waals surface area contributed by atoms with E-state index in [1.165, 1.54) is 0 Å². The Morgan fingerprint density at radius 2 is 1.83 bits per heavy atom. The molecule has 0 radical (unpaired) electrons. The van der Waals surface area contributed by atoms with Crippen molar-refractivity contribution in [1.29, 1.82) is 0 Å². The molecule has 4 rings (SSSR count). The van der Waals surface area contributed by atoms with E-state index >= 15 is 0 Å². The molecule has 3 aromatic rings. The Bertz CT molecular complexity index is 1130. The van der Waals surface area contributed by atoms with Crippen LogP contribution in [0.4, 0.5) is 0 Å². The number of aryl methyl sites for hydroxylation is 1. The normalized spacial score (nSPS) is 14.3. The molecule has 5 heteroatoms. The zero-order valence-corrected chi connectivity index (χ0v) is 19.0. The van der Waals surface area contributed by atoms with Gasteiger partial charge in [0.05, 0.1) is 7.11 Å². The van der Waals surface area contributed by atoms with Crippen LogP contribution in [0.3, 0.4) is 0 Å². The molecule has 1 saturated carbocycles. The summed E-state index contributed by atoms with van der Waals surface area (Å²) >= 11 is 0. The third-order valence-electron chi connectivity index (χ3n) is 6.49. The topological polar surface area (TPSA) is 48.5 Å². The molecule has 0 saturated heterocycles. The van der Waals surface area contributed by atoms with Gasteiger partial charge in [0.15, 0.2) is 5.82 Å². The Morgan fingerprint density at radius 3 is 2.40 bits per heavy atom. The standard InChI is InChI=1S/C25H33N3O2/c1-7-17(8-2)22-13-16(5)28-23(22)25(29)27(18-9-10-18)24(26-28)20-12-11-19(30-6)14-21(20)15(3)4/h11-15,17-18H,7-10H2,1-6H3. The Morgan fingerprint density at radius 1 is 1.13 bits per heavy atom. The van der Waals surface area contributed by atoms with E-state index in [0.29, 0.717) is 11.8 Å². The van der Waals surface area contributed by atoms with Crippen LogP contribution in [-0.2, 0) is 0 Å². The van der Waals surface area contributed by atoms with E-state index in [-0.39, 0.29) is 11.6 Å². The lowest BCUT2D eigenvalue weighted by Crippen LogP contribution is -2.26. The molecule has 1 fully saturated rings. The Balaban J connectivity index is 2.05. The number of hydrogen-bond acceptors (Lipinski definition) is 3. The van der Waals surface area contributed by atoms with Gasteiger partial charge in [0, 0.05) is 17.3 Å². The second-order valence-corrected chi connectivity index (χ2v) is 8.85. The number of benzene rings is 1. The predicted octanol–water partition coefficient (Wildman–Crippen LogP) is 5.84. The van der Waals surface area contributed by atoms with Crippen LogP contribution < -0.4 is 10.3 Å². The van der Waals surface area contributed by atoms with E-state index < -0.39 is 0 Å². The summed E-state index contributed by atoms with van der Waals surface area (Å²) < 4.78 is 9.31. The fourth-order valence-corrected chi connectivity index (χ4v) is 4.59. The lowest BCUT2D eigenvalue weighted by Gasteiger charge is -2.19. The average molecular weight is 408 g/mol. The molecule has 5 nitrogen and oxygen atoms in total. The smallest absolute Gasteiger partial charge is 0.278 e. The van der Waals surface area contributed by atoms with Gasteiger partial charge >= 0.3 is 0 Å². The van der Waals surface area contributed by atoms with Crippen molar-refractivity contribution in [3.05, 3.63) is 51.4 Å². The Hall–Kier alpha value is -2.56. The Labute approximate surface area is 178 Å². The zero-order chi connectivity index (χ0) is 21.6. The van der Waals surface area contributed by atoms with Gasteiger partial charge in [-0.2, -0.15) is 0 Å². The fourth-order valence-electron chi connectivity index (χ4n) is 4.59. The van der Waals surface area contributed by atoms with E-state index in [0.717, 1.165) is 65.2 Å². The molecular weight excluding hydrogens is 374 g/mol. The number of methoxy groups -OCH3 is 1. The van der Waals surface area contributed by atoms with E-state index in [4.69, 9.17) is 9.84 Å². The van der Waals surface area contributed by atoms with Gasteiger partial charge < -0.3 is 4.74 Å². The average Bonchev–Trinajstić information content (AvgIpc) is 3.52. The van der Waals surface area contributed by atoms with Crippen molar-refractivity contribution in [3.8, 4) is 17.1 Å². The van der Waals surface area contributed by atoms with Crippen LogP contribution in [-0.4, -0.2) is 21.3 Å². The van der Waals surface area contributed by atoms with Crippen molar-refractivity contribution in [1.82, 2.24) is 14.2 Å². The van der Waals surface area contributed by atoms with Gasteiger partial charge in [-0.25, -0.2) is 4.52 Å². The quantitative estimate of drug-likeness (QED) is 0.494. The van der Waals surface area contributed by atoms with Gasteiger partial charge in [0.1, 0.15) is 11.3 Å². The summed E-state index contributed by atoms with van der Waals surface area (Å²) in [6.45, 7) is 10.8. The molecule has 0 atom stereocenters. The fraction of sp³-hybridized carbons (Fsp3) is 0.520. The first-order chi connectivity index (χ1) is 14.4. The van der Waals surface area contributed by atoms with Gasteiger partial charge in [0.25, 0.3) is 5.56 Å². The first-order valence-corrected chi connectivity index (χ1v) is 11.2. The van der Waals surface area contributed by atoms with E-state index in [2.05, 4.69) is 45.9 Å². The summed E-state index contributed by atoms with van der Waals surface area (Å²) in [7, 11) is 1.69. The molecule has 160 valence electrons. The SMILES string of the molecule is CCC(CC)c1cc(C)n2nc(-c3ccc(OC)cc3C(C)C)n(C3CC3)c(=O)c12. The first kappa shape index (κ1) is 20.7. The minimum Gasteiger partial charge on any atom is -0.497 e. The molecule has 0 unspecified atom stereocenters. The van der Waals surface area contributed by atoms with Crippen LogP contribution in [0.25, 0.3) is 16.9 Å². The number of fused-ring (bicyclic) bond motifs is 1. The minimum absolute atomic E-state index is 0.100. The summed E-state index contributed by atoms with van der Waals surface area (Å²) in [5.74, 6) is 2.28. The van der Waals surface area contributed by atoms with Gasteiger partial charge in [-0.3, -0.25) is 9.36 Å². The van der Waals surface area contributed by atoms with E-state index in [1.54, 1.807) is 7.11 Å². The van der Waals surface area contributed by atoms with Gasteiger partial charge in [-0.15, -0.1) is 5.10 Å². The molecule has 0 amide bonds. The summed E-state index contributed by atoms with van der Waals surface area (Å²) in [5.41, 5.74) is 5.20. The van der Waals surface area contributed by atoms with Gasteiger partial charge in [0.2, 0.25) is 0 Å². The molecule has 30 heavy (non-hydrogen) atoms. The van der Waals surface area contributed by atoms with Crippen molar-refractivity contribution >= 4 is 5.52 Å². The number of aromatic nitrogens is 3. The van der Waals surface area contributed by atoms with E-state index in [1.807, 2.05) is 22.1 Å². The highest BCUT2D eigenvalue weighted by Gasteiger charge is 2.31. The number of ether oxygens (including phenoxy) is 1. The van der Waals surface area contributed by atoms with E-state index in [9.17, 15) is 4.79 Å². The number of hydrogen-bond donors (Lipinski definition) is 0. The zero-order valence-electron chi connectivity index (χ0n) is 19.0. The molecule has 1 aliphatic carbocycles. The monoisotopic (exact) mass is 407 g/mol. The molecule has 0 bridgehead atoms. The maximum Gasteiger partial charge on any atom is 0.278 e. The summed E-state index contributed by atoms with van der Waals surface area (Å²) in [5, 5.41) is 5.08. The predicted molar refractivity (Wildman–Crippen MR) is 122 cm³/mol. The number of rotatable bonds is 7. The maximum absolute atomic E-state index is 13.9. The van der Waals surface area contributed by atoms with Crippen LogP contribution in [0.5, 0.6) is 5.75 Å². The van der Waals surface area contributed by atoms with Gasteiger partial charge in [-0.1, -0.05) is 27.7 Å². The molecule has 2 heterocycles. The van der Waals surface area contributed by atoms with Crippen molar-refractivity contribution in [2.75, 3.05) is 7.11 Å². The van der Waals surface area contributed by atoms with Crippen molar-refractivity contribution in [3.63, 3.8) is 0 Å². The van der Waals surface area contributed by atoms with Crippen molar-refractivity contribution < 1.29 is 4.74 Å². The van der Waals surface area contributed by atoms with Crippen LogP contribution in [0, 0.1) is 6.92 Å². The highest BCUT2D eigenvalue weighted by atomic mass is 16.5. The molecule has 0 spiro atoms. The highest BCUT2D eigenvalue weighted by Crippen LogP contribution is 2.39. The summed E-state index contributed by atoms with van der Waals surface area (Å²) in [6.07, 6.45) is 4.13. The molecule has 0 N–H and O–H groups in total. The maximum atomic E-state index is 13.9. The third-order valence-corrected chi connectivity index (χ3v) is 6.49. The van der Waals surface area contributed by atoms with Gasteiger partial charge in [-0.05, 0) is 79.8 Å². The second-order valence-electron chi connectivity index (χ2n) is 8.85. The third kappa shape index (κ3) is 3.34. The molecule has 0 aliphatic heterocycles. The number of nitrogens with zero attached hydrogens (tertiary/aromatic N) is 3. The first-order valence-electron chi connectivity index (χ1n) is 11.2. The second kappa shape index (κ2) is 7.93. The lowest BCUT2D eigenvalue weighted by molar-refractivity contribution is 0.414. The molecule has 1 aliphatic rings. The van der Waals surface area contributed by atoms with Crippen molar-refractivity contribution in [2.45, 2.75) is 78.2 Å².